The highest BCUT2D eigenvalue weighted by molar-refractivity contribution is 7.92. The number of nitrogens with zero attached hydrogens (tertiary/aromatic N) is 3. The molecule has 1 saturated heterocycles. The monoisotopic (exact) mass is 522 g/mol. The van der Waals surface area contributed by atoms with E-state index in [1.807, 2.05) is 12.1 Å². The predicted octanol–water partition coefficient (Wildman–Crippen LogP) is 0.976. The second-order valence-electron chi connectivity index (χ2n) is 8.09. The zero-order chi connectivity index (χ0) is 25.2. The van der Waals surface area contributed by atoms with E-state index in [0.717, 1.165) is 4.31 Å². The lowest BCUT2D eigenvalue weighted by atomic mass is 10.0. The molecule has 2 aromatic carbocycles. The van der Waals surface area contributed by atoms with E-state index >= 15 is 0 Å². The Morgan fingerprint density at radius 3 is 2.09 bits per heavy atom. The van der Waals surface area contributed by atoms with Crippen molar-refractivity contribution < 1.29 is 25.3 Å². The van der Waals surface area contributed by atoms with Gasteiger partial charge >= 0.3 is 0 Å². The standard InChI is InChI=1S/C21H22N4O6S3/c1-21(8-11-32(26,27)16-21)25(34(30,31)20-7-3-5-18(13-20)15-23)10-9-24-33(28,29)19-6-2-4-17(12-19)14-22/h2-7,12-13,24H,8-11,16H2,1H3/t21-/m1/s1. The fraction of sp³-hybridized carbons (Fsp3) is 0.333. The summed E-state index contributed by atoms with van der Waals surface area (Å²) in [6, 6.07) is 14.4. The van der Waals surface area contributed by atoms with E-state index in [2.05, 4.69) is 4.72 Å². The number of sulfone groups is 1. The van der Waals surface area contributed by atoms with E-state index in [-0.39, 0.29) is 46.2 Å². The van der Waals surface area contributed by atoms with Gasteiger partial charge in [0.2, 0.25) is 20.0 Å². The number of hydrogen-bond acceptors (Lipinski definition) is 8. The van der Waals surface area contributed by atoms with Crippen LogP contribution in [-0.4, -0.2) is 59.7 Å². The molecule has 0 unspecified atom stereocenters. The van der Waals surface area contributed by atoms with Gasteiger partial charge in [0.15, 0.2) is 9.84 Å². The smallest absolute Gasteiger partial charge is 0.229 e. The maximum absolute atomic E-state index is 13.5. The van der Waals surface area contributed by atoms with Crippen molar-refractivity contribution in [1.29, 1.82) is 10.5 Å². The Hall–Kier alpha value is -2.81. The van der Waals surface area contributed by atoms with Crippen LogP contribution in [0.15, 0.2) is 58.3 Å². The largest absolute Gasteiger partial charge is 0.243 e. The summed E-state index contributed by atoms with van der Waals surface area (Å²) in [6.45, 7) is 0.822. The van der Waals surface area contributed by atoms with Crippen molar-refractivity contribution in [1.82, 2.24) is 9.03 Å². The first kappa shape index (κ1) is 25.8. The van der Waals surface area contributed by atoms with Gasteiger partial charge in [-0.15, -0.1) is 0 Å². The van der Waals surface area contributed by atoms with Gasteiger partial charge in [-0.25, -0.2) is 30.0 Å². The lowest BCUT2D eigenvalue weighted by molar-refractivity contribution is 0.236. The molecule has 0 radical (unpaired) electrons. The second kappa shape index (κ2) is 9.44. The third-order valence-corrected chi connectivity index (χ3v) is 10.9. The van der Waals surface area contributed by atoms with Crippen molar-refractivity contribution in [2.45, 2.75) is 28.7 Å². The molecule has 0 aromatic heterocycles. The molecule has 1 aliphatic rings. The van der Waals surface area contributed by atoms with E-state index in [9.17, 15) is 25.3 Å². The highest BCUT2D eigenvalue weighted by atomic mass is 32.2. The Labute approximate surface area is 199 Å². The average Bonchev–Trinajstić information content (AvgIpc) is 3.09. The molecule has 13 heteroatoms. The van der Waals surface area contributed by atoms with Crippen molar-refractivity contribution in [3.8, 4) is 12.1 Å². The summed E-state index contributed by atoms with van der Waals surface area (Å²) in [4.78, 5) is -0.348. The second-order valence-corrected chi connectivity index (χ2v) is 13.9. The Morgan fingerprint density at radius 2 is 1.56 bits per heavy atom. The lowest BCUT2D eigenvalue weighted by Gasteiger charge is -2.36. The number of nitrogens with one attached hydrogen (secondary N) is 1. The van der Waals surface area contributed by atoms with Crippen LogP contribution in [0.2, 0.25) is 0 Å². The van der Waals surface area contributed by atoms with Crippen molar-refractivity contribution in [2.24, 2.45) is 0 Å². The van der Waals surface area contributed by atoms with Gasteiger partial charge in [-0.2, -0.15) is 14.8 Å². The van der Waals surface area contributed by atoms with Crippen LogP contribution in [0, 0.1) is 22.7 Å². The quantitative estimate of drug-likeness (QED) is 0.536. The summed E-state index contributed by atoms with van der Waals surface area (Å²) >= 11 is 0. The minimum Gasteiger partial charge on any atom is -0.229 e. The molecule has 0 bridgehead atoms. The Morgan fingerprint density at radius 1 is 1.00 bits per heavy atom. The van der Waals surface area contributed by atoms with Crippen LogP contribution in [0.3, 0.4) is 0 Å². The van der Waals surface area contributed by atoms with Gasteiger partial charge in [-0.05, 0) is 49.7 Å². The summed E-state index contributed by atoms with van der Waals surface area (Å²) in [5.41, 5.74) is -1.04. The van der Waals surface area contributed by atoms with Crippen molar-refractivity contribution in [3.05, 3.63) is 59.7 Å². The van der Waals surface area contributed by atoms with Crippen molar-refractivity contribution >= 4 is 29.9 Å². The summed E-state index contributed by atoms with van der Waals surface area (Å²) in [6.07, 6.45) is 0.0451. The molecule has 3 rings (SSSR count). The fourth-order valence-corrected chi connectivity index (χ4v) is 8.96. The van der Waals surface area contributed by atoms with Crippen LogP contribution >= 0.6 is 0 Å². The van der Waals surface area contributed by atoms with Gasteiger partial charge in [0.25, 0.3) is 0 Å². The van der Waals surface area contributed by atoms with Crippen LogP contribution in [0.4, 0.5) is 0 Å². The first-order valence-electron chi connectivity index (χ1n) is 10.1. The summed E-state index contributed by atoms with van der Waals surface area (Å²) < 4.78 is 80.1. The number of rotatable bonds is 8. The number of sulfonamides is 2. The number of benzene rings is 2. The van der Waals surface area contributed by atoms with E-state index in [0.29, 0.717) is 0 Å². The Balaban J connectivity index is 1.92. The normalized spacial score (nSPS) is 20.0. The fourth-order valence-electron chi connectivity index (χ4n) is 3.82. The molecule has 0 spiro atoms. The highest BCUT2D eigenvalue weighted by Crippen LogP contribution is 2.34. The molecule has 180 valence electrons. The molecule has 2 aromatic rings. The lowest BCUT2D eigenvalue weighted by Crippen LogP contribution is -2.53. The molecule has 1 atom stereocenters. The molecular weight excluding hydrogens is 500 g/mol. The molecule has 0 saturated carbocycles. The number of hydrogen-bond donors (Lipinski definition) is 1. The third-order valence-electron chi connectivity index (χ3n) is 5.52. The van der Waals surface area contributed by atoms with Crippen LogP contribution in [0.5, 0.6) is 0 Å². The predicted molar refractivity (Wildman–Crippen MR) is 123 cm³/mol. The molecule has 0 amide bonds. The third kappa shape index (κ3) is 5.46. The Kier molecular flexibility index (Phi) is 7.17. The van der Waals surface area contributed by atoms with Gasteiger partial charge in [0.05, 0.1) is 44.6 Å². The first-order valence-corrected chi connectivity index (χ1v) is 14.8. The molecule has 0 aliphatic carbocycles. The van der Waals surface area contributed by atoms with Crippen LogP contribution < -0.4 is 4.72 Å². The molecule has 1 fully saturated rings. The molecule has 1 heterocycles. The Bertz CT molecular complexity index is 1510. The highest BCUT2D eigenvalue weighted by Gasteiger charge is 2.48. The summed E-state index contributed by atoms with van der Waals surface area (Å²) in [5.74, 6) is -0.603. The molecule has 10 nitrogen and oxygen atoms in total. The van der Waals surface area contributed by atoms with Crippen LogP contribution in [0.25, 0.3) is 0 Å². The molecule has 1 N–H and O–H groups in total. The van der Waals surface area contributed by atoms with Gasteiger partial charge < -0.3 is 0 Å². The van der Waals surface area contributed by atoms with Crippen LogP contribution in [-0.2, 0) is 29.9 Å². The maximum atomic E-state index is 13.5. The first-order chi connectivity index (χ1) is 15.8. The topological polar surface area (TPSA) is 165 Å². The van der Waals surface area contributed by atoms with E-state index in [4.69, 9.17) is 10.5 Å². The van der Waals surface area contributed by atoms with Crippen molar-refractivity contribution in [2.75, 3.05) is 24.6 Å². The summed E-state index contributed by atoms with van der Waals surface area (Å²) in [5, 5.41) is 18.1. The van der Waals surface area contributed by atoms with Gasteiger partial charge in [0.1, 0.15) is 0 Å². The van der Waals surface area contributed by atoms with Gasteiger partial charge in [0, 0.05) is 18.6 Å². The van der Waals surface area contributed by atoms with Gasteiger partial charge in [-0.3, -0.25) is 0 Å². The zero-order valence-electron chi connectivity index (χ0n) is 18.2. The zero-order valence-corrected chi connectivity index (χ0v) is 20.6. The van der Waals surface area contributed by atoms with Crippen molar-refractivity contribution in [3.63, 3.8) is 0 Å². The maximum Gasteiger partial charge on any atom is 0.243 e. The molecule has 34 heavy (non-hydrogen) atoms. The minimum absolute atomic E-state index is 0.0451. The average molecular weight is 523 g/mol. The molecule has 1 aliphatic heterocycles. The van der Waals surface area contributed by atoms with Crippen LogP contribution in [0.1, 0.15) is 24.5 Å². The number of nitriles is 2. The summed E-state index contributed by atoms with van der Waals surface area (Å²) in [7, 11) is -11.8. The van der Waals surface area contributed by atoms with E-state index in [1.165, 1.54) is 55.5 Å². The SMILES string of the molecule is C[C@@]1(N(CCNS(=O)(=O)c2cccc(C#N)c2)S(=O)(=O)c2cccc(C#N)c2)CCS(=O)(=O)C1. The van der Waals surface area contributed by atoms with E-state index in [1.54, 1.807) is 0 Å². The molecular formula is C21H22N4O6S3. The van der Waals surface area contributed by atoms with Gasteiger partial charge in [-0.1, -0.05) is 12.1 Å². The minimum atomic E-state index is -4.28. The van der Waals surface area contributed by atoms with E-state index < -0.39 is 41.2 Å².